The lowest BCUT2D eigenvalue weighted by Gasteiger charge is -2.12. The predicted molar refractivity (Wildman–Crippen MR) is 91.6 cm³/mol. The molecule has 2 amide bonds. The maximum atomic E-state index is 12.4. The number of fused-ring (bicyclic) bond motifs is 1. The molecule has 6 nitrogen and oxygen atoms in total. The van der Waals surface area contributed by atoms with Crippen molar-refractivity contribution in [1.82, 2.24) is 9.88 Å². The second kappa shape index (κ2) is 5.17. The lowest BCUT2D eigenvalue weighted by Crippen LogP contribution is -2.24. The van der Waals surface area contributed by atoms with Gasteiger partial charge in [0.2, 0.25) is 0 Å². The number of thiophene rings is 1. The van der Waals surface area contributed by atoms with E-state index in [1.807, 2.05) is 29.0 Å². The molecule has 1 aliphatic heterocycles. The molecule has 0 saturated carbocycles. The van der Waals surface area contributed by atoms with Crippen LogP contribution in [0.3, 0.4) is 0 Å². The highest BCUT2D eigenvalue weighted by Gasteiger charge is 2.31. The van der Waals surface area contributed by atoms with E-state index in [0.717, 1.165) is 17.2 Å². The highest BCUT2D eigenvalue weighted by Crippen LogP contribution is 2.26. The fourth-order valence-electron chi connectivity index (χ4n) is 2.78. The number of amides is 2. The topological polar surface area (TPSA) is 94.2 Å². The van der Waals surface area contributed by atoms with Gasteiger partial charge in [-0.05, 0) is 40.1 Å². The summed E-state index contributed by atoms with van der Waals surface area (Å²) in [6, 6.07) is 10.4. The molecule has 7 heteroatoms. The van der Waals surface area contributed by atoms with E-state index in [1.165, 1.54) is 4.57 Å². The smallest absolute Gasteiger partial charge is 0.262 e. The molecular formula is C17H11N3O3S. The average molecular weight is 337 g/mol. The second-order valence-electron chi connectivity index (χ2n) is 5.33. The van der Waals surface area contributed by atoms with Crippen molar-refractivity contribution in [3.8, 4) is 16.8 Å². The summed E-state index contributed by atoms with van der Waals surface area (Å²) in [6.07, 6.45) is 0. The van der Waals surface area contributed by atoms with Crippen LogP contribution < -0.4 is 16.6 Å². The number of nitrogens with two attached hydrogens (primary N) is 1. The number of anilines is 1. The Balaban J connectivity index is 1.86. The highest BCUT2D eigenvalue weighted by molar-refractivity contribution is 7.08. The first-order valence-corrected chi connectivity index (χ1v) is 8.05. The number of hydrogen-bond acceptors (Lipinski definition) is 5. The molecule has 0 fully saturated rings. The van der Waals surface area contributed by atoms with Gasteiger partial charge in [0.05, 0.1) is 16.8 Å². The molecule has 24 heavy (non-hydrogen) atoms. The Hall–Kier alpha value is -3.19. The fourth-order valence-corrected chi connectivity index (χ4v) is 3.44. The molecule has 0 unspecified atom stereocenters. The molecule has 1 aliphatic rings. The summed E-state index contributed by atoms with van der Waals surface area (Å²) in [7, 11) is 0. The lowest BCUT2D eigenvalue weighted by atomic mass is 10.1. The van der Waals surface area contributed by atoms with Crippen molar-refractivity contribution in [2.45, 2.75) is 0 Å². The molecule has 0 radical (unpaired) electrons. The van der Waals surface area contributed by atoms with Gasteiger partial charge >= 0.3 is 0 Å². The van der Waals surface area contributed by atoms with E-state index in [1.54, 1.807) is 23.5 Å². The van der Waals surface area contributed by atoms with Crippen molar-refractivity contribution in [1.29, 1.82) is 0 Å². The van der Waals surface area contributed by atoms with Crippen LogP contribution in [0, 0.1) is 0 Å². The van der Waals surface area contributed by atoms with Gasteiger partial charge in [-0.25, -0.2) is 0 Å². The molecule has 3 heterocycles. The van der Waals surface area contributed by atoms with Gasteiger partial charge in [0, 0.05) is 6.07 Å². The number of benzene rings is 1. The van der Waals surface area contributed by atoms with Crippen LogP contribution >= 0.6 is 11.3 Å². The van der Waals surface area contributed by atoms with Crippen molar-refractivity contribution >= 4 is 29.0 Å². The summed E-state index contributed by atoms with van der Waals surface area (Å²) in [5.74, 6) is -1.22. The third-order valence-electron chi connectivity index (χ3n) is 3.93. The first kappa shape index (κ1) is 14.4. The summed E-state index contributed by atoms with van der Waals surface area (Å²) in [6.45, 7) is 0. The van der Waals surface area contributed by atoms with E-state index in [0.29, 0.717) is 5.69 Å². The molecule has 118 valence electrons. The first-order valence-electron chi connectivity index (χ1n) is 7.10. The van der Waals surface area contributed by atoms with Gasteiger partial charge in [-0.1, -0.05) is 12.1 Å². The van der Waals surface area contributed by atoms with Crippen LogP contribution in [0.15, 0.2) is 52.0 Å². The number of aromatic nitrogens is 1. The minimum atomic E-state index is -0.598. The molecule has 4 rings (SSSR count). The number of imide groups is 1. The summed E-state index contributed by atoms with van der Waals surface area (Å²) in [5, 5.41) is 6.16. The number of nitrogens with one attached hydrogen (secondary N) is 1. The zero-order valence-corrected chi connectivity index (χ0v) is 13.1. The molecule has 0 spiro atoms. The van der Waals surface area contributed by atoms with Gasteiger partial charge in [-0.2, -0.15) is 11.3 Å². The molecule has 1 aromatic carbocycles. The number of nitrogen functional groups attached to an aromatic ring is 1. The summed E-state index contributed by atoms with van der Waals surface area (Å²) in [4.78, 5) is 35.9. The average Bonchev–Trinajstić information content (AvgIpc) is 3.17. The highest BCUT2D eigenvalue weighted by atomic mass is 32.1. The van der Waals surface area contributed by atoms with E-state index in [4.69, 9.17) is 5.73 Å². The van der Waals surface area contributed by atoms with Crippen LogP contribution in [-0.2, 0) is 0 Å². The molecule has 3 aromatic rings. The van der Waals surface area contributed by atoms with Crippen LogP contribution in [0.5, 0.6) is 0 Å². The lowest BCUT2D eigenvalue weighted by molar-refractivity contribution is 0.0880. The van der Waals surface area contributed by atoms with Gasteiger partial charge in [0.25, 0.3) is 17.4 Å². The van der Waals surface area contributed by atoms with E-state index in [2.05, 4.69) is 5.32 Å². The van der Waals surface area contributed by atoms with E-state index >= 15 is 0 Å². The van der Waals surface area contributed by atoms with Crippen LogP contribution in [0.4, 0.5) is 5.82 Å². The molecule has 0 bridgehead atoms. The first-order chi connectivity index (χ1) is 11.6. The molecule has 3 N–H and O–H groups in total. The van der Waals surface area contributed by atoms with Gasteiger partial charge in [-0.3, -0.25) is 24.3 Å². The third kappa shape index (κ3) is 2.06. The van der Waals surface area contributed by atoms with Gasteiger partial charge in [0.15, 0.2) is 0 Å². The standard InChI is InChI=1S/C17H11N3O3S/c18-15-14-12(16(22)19-17(14)23)7-13(21)20(15)11-3-1-9(2-4-11)10-5-6-24-8-10/h1-8H,18H2,(H,19,22,23). The van der Waals surface area contributed by atoms with Crippen molar-refractivity contribution in [2.24, 2.45) is 0 Å². The Morgan fingerprint density at radius 3 is 2.38 bits per heavy atom. The molecule has 0 saturated heterocycles. The largest absolute Gasteiger partial charge is 0.384 e. The monoisotopic (exact) mass is 337 g/mol. The van der Waals surface area contributed by atoms with Gasteiger partial charge < -0.3 is 5.73 Å². The van der Waals surface area contributed by atoms with Crippen molar-refractivity contribution < 1.29 is 9.59 Å². The Kier molecular flexibility index (Phi) is 3.10. The van der Waals surface area contributed by atoms with Gasteiger partial charge in [0.1, 0.15) is 5.82 Å². The zero-order valence-electron chi connectivity index (χ0n) is 12.3. The van der Waals surface area contributed by atoms with Crippen LogP contribution in [-0.4, -0.2) is 16.4 Å². The summed E-state index contributed by atoms with van der Waals surface area (Å²) >= 11 is 1.60. The SMILES string of the molecule is Nc1c2c(cc(=O)n1-c1ccc(-c3ccsc3)cc1)C(=O)NC2=O. The Labute approximate surface area is 140 Å². The normalized spacial score (nSPS) is 13.0. The number of carbonyl (C=O) groups is 2. The molecule has 0 aliphatic carbocycles. The van der Waals surface area contributed by atoms with Crippen molar-refractivity contribution in [3.05, 3.63) is 68.6 Å². The van der Waals surface area contributed by atoms with Gasteiger partial charge in [-0.15, -0.1) is 0 Å². The zero-order chi connectivity index (χ0) is 16.8. The fraction of sp³-hybridized carbons (Fsp3) is 0. The maximum Gasteiger partial charge on any atom is 0.262 e. The number of rotatable bonds is 2. The number of pyridine rings is 1. The molecular weight excluding hydrogens is 326 g/mol. The maximum absolute atomic E-state index is 12.4. The van der Waals surface area contributed by atoms with E-state index in [-0.39, 0.29) is 16.9 Å². The molecule has 0 atom stereocenters. The quantitative estimate of drug-likeness (QED) is 0.700. The van der Waals surface area contributed by atoms with Crippen molar-refractivity contribution in [3.63, 3.8) is 0 Å². The molecule has 2 aromatic heterocycles. The third-order valence-corrected chi connectivity index (χ3v) is 4.62. The number of hydrogen-bond donors (Lipinski definition) is 2. The number of carbonyl (C=O) groups excluding carboxylic acids is 2. The minimum absolute atomic E-state index is 0.0219. The van der Waals surface area contributed by atoms with E-state index < -0.39 is 17.4 Å². The van der Waals surface area contributed by atoms with Crippen LogP contribution in [0.25, 0.3) is 16.8 Å². The minimum Gasteiger partial charge on any atom is -0.384 e. The number of nitrogens with zero attached hydrogens (tertiary/aromatic N) is 1. The van der Waals surface area contributed by atoms with Crippen molar-refractivity contribution in [2.75, 3.05) is 5.73 Å². The van der Waals surface area contributed by atoms with Crippen LogP contribution in [0.2, 0.25) is 0 Å². The second-order valence-corrected chi connectivity index (χ2v) is 6.11. The Morgan fingerprint density at radius 1 is 0.958 bits per heavy atom. The van der Waals surface area contributed by atoms with E-state index in [9.17, 15) is 14.4 Å². The summed E-state index contributed by atoms with van der Waals surface area (Å²) in [5.41, 5.74) is 8.25. The van der Waals surface area contributed by atoms with Crippen LogP contribution in [0.1, 0.15) is 20.7 Å². The summed E-state index contributed by atoms with van der Waals surface area (Å²) < 4.78 is 1.23. The Morgan fingerprint density at radius 2 is 1.71 bits per heavy atom. The Bertz CT molecular complexity index is 1030. The predicted octanol–water partition coefficient (Wildman–Crippen LogP) is 2.03.